The highest BCUT2D eigenvalue weighted by Gasteiger charge is 2.18. The van der Waals surface area contributed by atoms with Gasteiger partial charge >= 0.3 is 23.9 Å². The fraction of sp³-hybridized carbons (Fsp3) is 0.766. The molecule has 0 aliphatic heterocycles. The molecule has 0 unspecified atom stereocenters. The molecule has 0 amide bonds. The summed E-state index contributed by atoms with van der Waals surface area (Å²) in [6.45, 7) is 20.8. The highest BCUT2D eigenvalue weighted by atomic mass is 16.6. The van der Waals surface area contributed by atoms with Gasteiger partial charge in [0, 0.05) is 87.4 Å². The van der Waals surface area contributed by atoms with Gasteiger partial charge in [0.25, 0.3) is 0 Å². The predicted octanol–water partition coefficient (Wildman–Crippen LogP) is 25.3. The van der Waals surface area contributed by atoms with Gasteiger partial charge in [-0.15, -0.1) is 0 Å². The Morgan fingerprint density at radius 1 is 0.207 bits per heavy atom. The van der Waals surface area contributed by atoms with Gasteiger partial charge in [-0.25, -0.2) is 0 Å². The number of esters is 4. The summed E-state index contributed by atoms with van der Waals surface area (Å²) in [6, 6.07) is 17.1. The van der Waals surface area contributed by atoms with E-state index in [1.807, 2.05) is 54.6 Å². The molecule has 772 valence electrons. The summed E-state index contributed by atoms with van der Waals surface area (Å²) in [4.78, 5) is 64.3. The molecule has 0 spiro atoms. The molecule has 28 heteroatoms. The lowest BCUT2D eigenvalue weighted by Crippen LogP contribution is -2.13. The Morgan fingerprint density at radius 2 is 0.400 bits per heavy atom. The topological polar surface area (TPSA) is 309 Å². The number of hydrogen-bond acceptors (Lipinski definition) is 28. The van der Waals surface area contributed by atoms with E-state index in [-0.39, 0.29) is 68.1 Å². The quantitative estimate of drug-likeness (QED) is 0.0210. The van der Waals surface area contributed by atoms with Gasteiger partial charge in [0.2, 0.25) is 17.8 Å². The third kappa shape index (κ3) is 69.8. The van der Waals surface area contributed by atoms with E-state index >= 15 is 0 Å². The molecule has 4 aromatic rings. The Hall–Kier alpha value is -7.57. The average Bonchev–Trinajstić information content (AvgIpc) is 0.818. The fourth-order valence-corrected chi connectivity index (χ4v) is 14.9. The minimum absolute atomic E-state index is 0.168. The molecule has 0 radical (unpaired) electrons. The summed E-state index contributed by atoms with van der Waals surface area (Å²) in [7, 11) is 3.19. The SMILES string of the molecule is CCCCCCOCCOCCOC(=O)CCCCCCCCCCOc1ccc(Nc2nc(Nc3ccc(OC)c(OC)c3)nc(Nc3ccc(OCCCCCCCCCCC(=O)OCCOCCOCCCCCC)c(OCCCCCCCCCCC(=O)OCCOCCOCCCCCC)c3)n2)cc1OCCCCCCCCCCC(=O)OCCOCCOCCCCCC. The molecule has 0 bridgehead atoms. The number of rotatable bonds is 100. The molecule has 1 aromatic heterocycles. The molecule has 3 aromatic carbocycles. The molecular weight excluding hydrogens is 1720 g/mol. The molecule has 0 aliphatic rings. The van der Waals surface area contributed by atoms with E-state index in [1.165, 1.54) is 77.0 Å². The van der Waals surface area contributed by atoms with Crippen LogP contribution in [0.3, 0.4) is 0 Å². The number of ether oxygens (including phenoxy) is 18. The second kappa shape index (κ2) is 89.1. The van der Waals surface area contributed by atoms with Crippen LogP contribution in [-0.2, 0) is 76.0 Å². The molecule has 0 fully saturated rings. The van der Waals surface area contributed by atoms with E-state index in [2.05, 4.69) is 43.6 Å². The van der Waals surface area contributed by atoms with Crippen molar-refractivity contribution < 1.29 is 104 Å². The maximum absolute atomic E-state index is 12.4. The first kappa shape index (κ1) is 120. The molecule has 0 saturated carbocycles. The number of benzene rings is 3. The van der Waals surface area contributed by atoms with Crippen LogP contribution in [-0.4, -0.2) is 212 Å². The number of anilines is 6. The summed E-state index contributed by atoms with van der Waals surface area (Å²) < 4.78 is 104. The summed E-state index contributed by atoms with van der Waals surface area (Å²) >= 11 is 0. The summed E-state index contributed by atoms with van der Waals surface area (Å²) in [5, 5.41) is 10.3. The zero-order valence-corrected chi connectivity index (χ0v) is 84.8. The van der Waals surface area contributed by atoms with E-state index < -0.39 is 0 Å². The van der Waals surface area contributed by atoms with Crippen molar-refractivity contribution in [2.24, 2.45) is 0 Å². The van der Waals surface area contributed by atoms with E-state index in [1.54, 1.807) is 14.2 Å². The normalized spacial score (nSPS) is 11.3. The lowest BCUT2D eigenvalue weighted by molar-refractivity contribution is -0.146. The fourth-order valence-electron chi connectivity index (χ4n) is 14.9. The smallest absolute Gasteiger partial charge is 0.305 e. The van der Waals surface area contributed by atoms with Crippen molar-refractivity contribution in [3.63, 3.8) is 0 Å². The van der Waals surface area contributed by atoms with Crippen molar-refractivity contribution in [2.75, 3.05) is 189 Å². The van der Waals surface area contributed by atoms with Gasteiger partial charge in [-0.3, -0.25) is 19.2 Å². The van der Waals surface area contributed by atoms with Gasteiger partial charge in [-0.2, -0.15) is 15.0 Å². The molecule has 0 atom stereocenters. The van der Waals surface area contributed by atoms with Crippen LogP contribution in [0.4, 0.5) is 34.9 Å². The molecule has 0 saturated heterocycles. The predicted molar refractivity (Wildman–Crippen MR) is 537 cm³/mol. The number of nitrogens with zero attached hydrogens (tertiary/aromatic N) is 3. The summed E-state index contributed by atoms with van der Waals surface area (Å²) in [5.74, 6) is 3.70. The molecule has 4 rings (SSSR count). The van der Waals surface area contributed by atoms with Crippen LogP contribution < -0.4 is 44.4 Å². The van der Waals surface area contributed by atoms with Crippen molar-refractivity contribution in [3.8, 4) is 34.5 Å². The number of nitrogens with one attached hydrogen (secondary N) is 3. The molecular formula is C107H182N6O22. The Morgan fingerprint density at radius 3 is 0.644 bits per heavy atom. The van der Waals surface area contributed by atoms with Gasteiger partial charge in [0.1, 0.15) is 26.4 Å². The molecule has 3 N–H and O–H groups in total. The minimum atomic E-state index is -0.171. The molecule has 135 heavy (non-hydrogen) atoms. The lowest BCUT2D eigenvalue weighted by atomic mass is 10.1. The number of aromatic nitrogens is 3. The summed E-state index contributed by atoms with van der Waals surface area (Å²) in [6.07, 6.45) is 52.8. The van der Waals surface area contributed by atoms with Gasteiger partial charge in [-0.1, -0.05) is 259 Å². The molecule has 28 nitrogen and oxygen atoms in total. The third-order valence-corrected chi connectivity index (χ3v) is 22.8. The van der Waals surface area contributed by atoms with E-state index in [0.717, 1.165) is 258 Å². The third-order valence-electron chi connectivity index (χ3n) is 22.8. The second-order valence-corrected chi connectivity index (χ2v) is 34.8. The number of carbonyl (C=O) groups is 4. The lowest BCUT2D eigenvalue weighted by Gasteiger charge is -2.17. The highest BCUT2D eigenvalue weighted by Crippen LogP contribution is 2.36. The average molecular weight is 1900 g/mol. The molecule has 1 heterocycles. The van der Waals surface area contributed by atoms with Crippen molar-refractivity contribution in [3.05, 3.63) is 54.6 Å². The Labute approximate surface area is 813 Å². The van der Waals surface area contributed by atoms with Crippen molar-refractivity contribution in [2.45, 2.75) is 362 Å². The Bertz CT molecular complexity index is 3270. The Balaban J connectivity index is 1.39. The zero-order valence-electron chi connectivity index (χ0n) is 84.8. The van der Waals surface area contributed by atoms with Crippen molar-refractivity contribution in [1.82, 2.24) is 15.0 Å². The monoisotopic (exact) mass is 1900 g/mol. The van der Waals surface area contributed by atoms with E-state index in [9.17, 15) is 19.2 Å². The van der Waals surface area contributed by atoms with E-state index in [4.69, 9.17) is 100 Å². The van der Waals surface area contributed by atoms with Crippen molar-refractivity contribution >= 4 is 58.8 Å². The van der Waals surface area contributed by atoms with Gasteiger partial charge in [-0.05, 0) is 113 Å². The standard InChI is InChI=1S/C107H182N6O22/c1-7-11-15-47-65-120-73-77-124-81-85-132-101(114)55-43-35-27-19-23-31-39-51-69-128-96-63-60-93(90-99(96)130-71-53-41-33-25-21-29-37-45-57-103(116)134-87-83-126-79-75-122-67-49-17-13-9-3)109-106-111-105(108-92-59-62-95(118-5)98(89-92)119-6)112-107(113-106)110-94-61-64-97(129-70-52-40-32-24-20-28-36-44-56-102(115)133-86-82-125-78-74-121-66-48-16-12-8-2)100(91-94)131-72-54-42-34-26-22-30-38-46-58-104(117)135-88-84-127-80-76-123-68-50-18-14-10-4/h59-64,89-91H,7-58,65-88H2,1-6H3,(H3,108,109,110,111,112,113). The first-order valence-corrected chi connectivity index (χ1v) is 52.9. The largest absolute Gasteiger partial charge is 0.493 e. The van der Waals surface area contributed by atoms with Crippen LogP contribution in [0.15, 0.2) is 54.6 Å². The first-order valence-electron chi connectivity index (χ1n) is 52.9. The van der Waals surface area contributed by atoms with Crippen LogP contribution >= 0.6 is 0 Å². The number of hydrogen-bond donors (Lipinski definition) is 3. The maximum atomic E-state index is 12.4. The van der Waals surface area contributed by atoms with Gasteiger partial charge in [0.15, 0.2) is 34.5 Å². The number of unbranched alkanes of at least 4 members (excludes halogenated alkanes) is 40. The van der Waals surface area contributed by atoms with Gasteiger partial charge < -0.3 is 101 Å². The van der Waals surface area contributed by atoms with Crippen LogP contribution in [0, 0.1) is 0 Å². The first-order chi connectivity index (χ1) is 66.6. The summed E-state index contributed by atoms with van der Waals surface area (Å²) in [5.41, 5.74) is 2.01. The zero-order chi connectivity index (χ0) is 96.3. The van der Waals surface area contributed by atoms with Crippen molar-refractivity contribution in [1.29, 1.82) is 0 Å². The van der Waals surface area contributed by atoms with Crippen LogP contribution in [0.1, 0.15) is 362 Å². The number of methoxy groups -OCH3 is 2. The van der Waals surface area contributed by atoms with E-state index in [0.29, 0.717) is 183 Å². The van der Waals surface area contributed by atoms with Crippen LogP contribution in [0.25, 0.3) is 0 Å². The number of carbonyl (C=O) groups excluding carboxylic acids is 4. The Kier molecular flexibility index (Phi) is 79.0. The minimum Gasteiger partial charge on any atom is -0.493 e. The maximum Gasteiger partial charge on any atom is 0.305 e. The highest BCUT2D eigenvalue weighted by molar-refractivity contribution is 5.71. The molecule has 0 aliphatic carbocycles. The van der Waals surface area contributed by atoms with Crippen LogP contribution in [0.5, 0.6) is 34.5 Å². The second-order valence-electron chi connectivity index (χ2n) is 34.8. The van der Waals surface area contributed by atoms with Crippen LogP contribution in [0.2, 0.25) is 0 Å². The van der Waals surface area contributed by atoms with Gasteiger partial charge in [0.05, 0.1) is 120 Å².